The van der Waals surface area contributed by atoms with Gasteiger partial charge in [-0.2, -0.15) is 5.10 Å². The smallest absolute Gasteiger partial charge is 0.313 e. The molecular formula is C11H17N3O3S. The fraction of sp³-hybridized carbons (Fsp3) is 0.545. The lowest BCUT2D eigenvalue weighted by Crippen LogP contribution is -2.26. The SMILES string of the molecule is Cn1nccc1CCC(=O)NCCSCC(=O)O. The number of hydrogen-bond acceptors (Lipinski definition) is 4. The van der Waals surface area contributed by atoms with Crippen molar-refractivity contribution in [1.82, 2.24) is 15.1 Å². The van der Waals surface area contributed by atoms with Crippen LogP contribution in [0.4, 0.5) is 0 Å². The maximum Gasteiger partial charge on any atom is 0.313 e. The normalized spacial score (nSPS) is 10.3. The number of nitrogens with one attached hydrogen (secondary N) is 1. The Morgan fingerprint density at radius 3 is 2.94 bits per heavy atom. The lowest BCUT2D eigenvalue weighted by molar-refractivity contribution is -0.133. The van der Waals surface area contributed by atoms with Crippen LogP contribution in [-0.2, 0) is 23.1 Å². The molecule has 2 N–H and O–H groups in total. The summed E-state index contributed by atoms with van der Waals surface area (Å²) in [5.41, 5.74) is 1.02. The fourth-order valence-corrected chi connectivity index (χ4v) is 1.96. The minimum absolute atomic E-state index is 0.0212. The molecule has 1 aromatic heterocycles. The van der Waals surface area contributed by atoms with Crippen LogP contribution in [0.3, 0.4) is 0 Å². The summed E-state index contributed by atoms with van der Waals surface area (Å²) in [6.45, 7) is 0.502. The molecular weight excluding hydrogens is 254 g/mol. The number of thioether (sulfide) groups is 1. The van der Waals surface area contributed by atoms with Crippen LogP contribution >= 0.6 is 11.8 Å². The fourth-order valence-electron chi connectivity index (χ4n) is 1.40. The summed E-state index contributed by atoms with van der Waals surface area (Å²) in [5, 5.41) is 15.2. The monoisotopic (exact) mass is 271 g/mol. The Hall–Kier alpha value is -1.50. The predicted molar refractivity (Wildman–Crippen MR) is 69.5 cm³/mol. The van der Waals surface area contributed by atoms with Gasteiger partial charge in [0.15, 0.2) is 0 Å². The second kappa shape index (κ2) is 7.75. The number of amides is 1. The van der Waals surface area contributed by atoms with Gasteiger partial charge in [-0.25, -0.2) is 0 Å². The third kappa shape index (κ3) is 5.72. The zero-order valence-corrected chi connectivity index (χ0v) is 11.1. The summed E-state index contributed by atoms with van der Waals surface area (Å²) in [4.78, 5) is 21.7. The van der Waals surface area contributed by atoms with Gasteiger partial charge >= 0.3 is 5.97 Å². The van der Waals surface area contributed by atoms with Gasteiger partial charge < -0.3 is 10.4 Å². The van der Waals surface area contributed by atoms with Gasteiger partial charge in [0.25, 0.3) is 0 Å². The van der Waals surface area contributed by atoms with Crippen LogP contribution in [0.5, 0.6) is 0 Å². The molecule has 0 saturated heterocycles. The second-order valence-corrected chi connectivity index (χ2v) is 4.85. The quantitative estimate of drug-likeness (QED) is 0.664. The van der Waals surface area contributed by atoms with E-state index in [0.717, 1.165) is 5.69 Å². The number of aryl methyl sites for hydroxylation is 2. The molecule has 0 aliphatic carbocycles. The number of nitrogens with zero attached hydrogens (tertiary/aromatic N) is 2. The zero-order valence-electron chi connectivity index (χ0n) is 10.3. The molecule has 0 aliphatic heterocycles. The van der Waals surface area contributed by atoms with Gasteiger partial charge in [-0.1, -0.05) is 0 Å². The largest absolute Gasteiger partial charge is 0.481 e. The standard InChI is InChI=1S/C11H17N3O3S/c1-14-9(4-5-13-14)2-3-10(15)12-6-7-18-8-11(16)17/h4-5H,2-3,6-8H2,1H3,(H,12,15)(H,16,17). The first-order valence-corrected chi connectivity index (χ1v) is 6.78. The molecule has 0 atom stereocenters. The summed E-state index contributed by atoms with van der Waals surface area (Å²) >= 11 is 1.29. The Balaban J connectivity index is 2.07. The van der Waals surface area contributed by atoms with Crippen molar-refractivity contribution in [3.63, 3.8) is 0 Å². The van der Waals surface area contributed by atoms with Crippen molar-refractivity contribution in [2.45, 2.75) is 12.8 Å². The van der Waals surface area contributed by atoms with Gasteiger partial charge in [0.05, 0.1) is 5.75 Å². The molecule has 0 unspecified atom stereocenters. The van der Waals surface area contributed by atoms with Crippen molar-refractivity contribution in [2.24, 2.45) is 7.05 Å². The number of carbonyl (C=O) groups excluding carboxylic acids is 1. The average molecular weight is 271 g/mol. The van der Waals surface area contributed by atoms with Gasteiger partial charge in [-0.15, -0.1) is 11.8 Å². The van der Waals surface area contributed by atoms with E-state index in [9.17, 15) is 9.59 Å². The van der Waals surface area contributed by atoms with Crippen molar-refractivity contribution >= 4 is 23.6 Å². The maximum atomic E-state index is 11.5. The van der Waals surface area contributed by atoms with Crippen LogP contribution in [-0.4, -0.2) is 44.8 Å². The van der Waals surface area contributed by atoms with Crippen molar-refractivity contribution in [3.05, 3.63) is 18.0 Å². The number of aliphatic carboxylic acids is 1. The Kier molecular flexibility index (Phi) is 6.27. The number of carbonyl (C=O) groups is 2. The predicted octanol–water partition coefficient (Wildman–Crippen LogP) is 0.287. The molecule has 1 amide bonds. The molecule has 1 rings (SSSR count). The molecule has 0 aromatic carbocycles. The van der Waals surface area contributed by atoms with E-state index in [0.29, 0.717) is 25.1 Å². The van der Waals surface area contributed by atoms with Crippen molar-refractivity contribution in [3.8, 4) is 0 Å². The number of rotatable bonds is 8. The van der Waals surface area contributed by atoms with E-state index >= 15 is 0 Å². The lowest BCUT2D eigenvalue weighted by Gasteiger charge is -2.04. The second-order valence-electron chi connectivity index (χ2n) is 3.74. The minimum atomic E-state index is -0.831. The highest BCUT2D eigenvalue weighted by Gasteiger charge is 2.04. The van der Waals surface area contributed by atoms with E-state index in [-0.39, 0.29) is 11.7 Å². The number of hydrogen-bond donors (Lipinski definition) is 2. The highest BCUT2D eigenvalue weighted by molar-refractivity contribution is 7.99. The van der Waals surface area contributed by atoms with Gasteiger partial charge in [0.2, 0.25) is 5.91 Å². The first kappa shape index (κ1) is 14.6. The summed E-state index contributed by atoms with van der Waals surface area (Å²) in [7, 11) is 1.84. The Morgan fingerprint density at radius 2 is 2.33 bits per heavy atom. The first-order chi connectivity index (χ1) is 8.59. The molecule has 100 valence electrons. The van der Waals surface area contributed by atoms with Crippen LogP contribution in [0.25, 0.3) is 0 Å². The van der Waals surface area contributed by atoms with Crippen LogP contribution < -0.4 is 5.32 Å². The number of aromatic nitrogens is 2. The van der Waals surface area contributed by atoms with Gasteiger partial charge in [0, 0.05) is 37.7 Å². The van der Waals surface area contributed by atoms with Crippen molar-refractivity contribution in [2.75, 3.05) is 18.1 Å². The van der Waals surface area contributed by atoms with E-state index in [1.54, 1.807) is 10.9 Å². The third-order valence-corrected chi connectivity index (χ3v) is 3.27. The lowest BCUT2D eigenvalue weighted by atomic mass is 10.2. The van der Waals surface area contributed by atoms with E-state index in [4.69, 9.17) is 5.11 Å². The molecule has 0 spiro atoms. The Bertz CT molecular complexity index is 406. The first-order valence-electron chi connectivity index (χ1n) is 5.62. The Morgan fingerprint density at radius 1 is 1.56 bits per heavy atom. The van der Waals surface area contributed by atoms with Crippen molar-refractivity contribution < 1.29 is 14.7 Å². The van der Waals surface area contributed by atoms with Crippen LogP contribution in [0.15, 0.2) is 12.3 Å². The third-order valence-electron chi connectivity index (χ3n) is 2.32. The maximum absolute atomic E-state index is 11.5. The highest BCUT2D eigenvalue weighted by atomic mass is 32.2. The minimum Gasteiger partial charge on any atom is -0.481 e. The summed E-state index contributed by atoms with van der Waals surface area (Å²) in [5.74, 6) is -0.163. The van der Waals surface area contributed by atoms with E-state index in [1.807, 2.05) is 13.1 Å². The summed E-state index contributed by atoms with van der Waals surface area (Å²) in [6.07, 6.45) is 2.78. The van der Waals surface area contributed by atoms with E-state index in [2.05, 4.69) is 10.4 Å². The van der Waals surface area contributed by atoms with Gasteiger partial charge in [0.1, 0.15) is 0 Å². The molecule has 18 heavy (non-hydrogen) atoms. The molecule has 6 nitrogen and oxygen atoms in total. The topological polar surface area (TPSA) is 84.2 Å². The molecule has 0 radical (unpaired) electrons. The Labute approximate surface area is 110 Å². The van der Waals surface area contributed by atoms with E-state index < -0.39 is 5.97 Å². The molecule has 7 heteroatoms. The number of carboxylic acid groups (broad SMARTS) is 1. The average Bonchev–Trinajstić information content (AvgIpc) is 2.71. The van der Waals surface area contributed by atoms with E-state index in [1.165, 1.54) is 11.8 Å². The van der Waals surface area contributed by atoms with Crippen molar-refractivity contribution in [1.29, 1.82) is 0 Å². The molecule has 1 aromatic rings. The summed E-state index contributed by atoms with van der Waals surface area (Å²) in [6, 6.07) is 1.88. The van der Waals surface area contributed by atoms with Gasteiger partial charge in [-0.3, -0.25) is 14.3 Å². The zero-order chi connectivity index (χ0) is 13.4. The molecule has 0 fully saturated rings. The number of carboxylic acids is 1. The summed E-state index contributed by atoms with van der Waals surface area (Å²) < 4.78 is 1.75. The van der Waals surface area contributed by atoms with Gasteiger partial charge in [-0.05, 0) is 12.5 Å². The van der Waals surface area contributed by atoms with Crippen LogP contribution in [0, 0.1) is 0 Å². The van der Waals surface area contributed by atoms with Crippen LogP contribution in [0.1, 0.15) is 12.1 Å². The molecule has 0 bridgehead atoms. The molecule has 0 saturated carbocycles. The van der Waals surface area contributed by atoms with Crippen LogP contribution in [0.2, 0.25) is 0 Å². The highest BCUT2D eigenvalue weighted by Crippen LogP contribution is 2.01. The molecule has 0 aliphatic rings. The molecule has 1 heterocycles.